The lowest BCUT2D eigenvalue weighted by atomic mass is 10.1. The van der Waals surface area contributed by atoms with Gasteiger partial charge in [0.25, 0.3) is 11.1 Å². The van der Waals surface area contributed by atoms with Gasteiger partial charge in [0.05, 0.1) is 6.93 Å². The van der Waals surface area contributed by atoms with E-state index < -0.39 is 6.02 Å². The summed E-state index contributed by atoms with van der Waals surface area (Å²) >= 11 is 7.02. The van der Waals surface area contributed by atoms with Gasteiger partial charge in [-0.2, -0.15) is 0 Å². The van der Waals surface area contributed by atoms with Gasteiger partial charge >= 0.3 is 0 Å². The molecule has 2 aliphatic heterocycles. The van der Waals surface area contributed by atoms with E-state index in [0.717, 1.165) is 16.9 Å². The van der Waals surface area contributed by atoms with Crippen LogP contribution in [-0.4, -0.2) is 57.5 Å². The molecule has 4 heterocycles. The number of pyridine rings is 1. The minimum Gasteiger partial charge on any atom is -0.464 e. The number of benzene rings is 1. The third kappa shape index (κ3) is 4.76. The quantitative estimate of drug-likeness (QED) is 0.572. The van der Waals surface area contributed by atoms with Gasteiger partial charge in [0.2, 0.25) is 11.0 Å². The number of piperazine rings is 1. The molecule has 5 rings (SSSR count). The van der Waals surface area contributed by atoms with Crippen molar-refractivity contribution in [3.63, 3.8) is 0 Å². The van der Waals surface area contributed by atoms with Gasteiger partial charge in [-0.1, -0.05) is 28.8 Å². The molecule has 2 aromatic heterocycles. The standard InChI is InChI=1S/C22H21ClN6O3S/c23-15-5-3-14(4-6-15)13-32-22-27-26-21(33-22)25-20(31)17-2-1-9-24-19(17)28-10-11-29-16(12-28)7-8-18(29)30/h1-6,9,16H,7-8,10-13H2,(H,25,26,31)/t16-/m0/s1/i16D. The number of nitrogens with one attached hydrogen (secondary N) is 1. The molecule has 0 bridgehead atoms. The van der Waals surface area contributed by atoms with Gasteiger partial charge < -0.3 is 14.5 Å². The topological polar surface area (TPSA) is 101 Å². The number of hydrogen-bond acceptors (Lipinski definition) is 8. The first-order chi connectivity index (χ1) is 16.4. The van der Waals surface area contributed by atoms with E-state index in [2.05, 4.69) is 20.5 Å². The molecule has 0 saturated carbocycles. The first-order valence-corrected chi connectivity index (χ1v) is 11.6. The third-order valence-electron chi connectivity index (χ3n) is 5.51. The number of fused-ring (bicyclic) bond motifs is 1. The second kappa shape index (κ2) is 9.32. The molecule has 0 aliphatic carbocycles. The van der Waals surface area contributed by atoms with Crippen LogP contribution >= 0.6 is 22.9 Å². The van der Waals surface area contributed by atoms with Crippen molar-refractivity contribution < 1.29 is 15.7 Å². The number of carbonyl (C=O) groups is 2. The first-order valence-electron chi connectivity index (χ1n) is 10.9. The molecule has 0 spiro atoms. The Morgan fingerprint density at radius 3 is 2.97 bits per heavy atom. The number of halogens is 1. The molecular weight excluding hydrogens is 464 g/mol. The zero-order valence-corrected chi connectivity index (χ0v) is 19.1. The zero-order valence-electron chi connectivity index (χ0n) is 18.5. The highest BCUT2D eigenvalue weighted by atomic mass is 35.5. The summed E-state index contributed by atoms with van der Waals surface area (Å²) in [5, 5.41) is 12.0. The van der Waals surface area contributed by atoms with Crippen LogP contribution in [0.5, 0.6) is 5.19 Å². The number of amides is 2. The Labute approximate surface area is 200 Å². The van der Waals surface area contributed by atoms with Crippen LogP contribution in [0.2, 0.25) is 5.02 Å². The summed E-state index contributed by atoms with van der Waals surface area (Å²) in [5.74, 6) is 0.112. The van der Waals surface area contributed by atoms with E-state index in [9.17, 15) is 9.59 Å². The summed E-state index contributed by atoms with van der Waals surface area (Å²) in [4.78, 5) is 33.1. The third-order valence-corrected chi connectivity index (χ3v) is 6.51. The van der Waals surface area contributed by atoms with Gasteiger partial charge in [-0.05, 0) is 47.6 Å². The van der Waals surface area contributed by atoms with Crippen LogP contribution in [0, 0.1) is 0 Å². The normalized spacial score (nSPS) is 20.4. The molecule has 0 radical (unpaired) electrons. The largest absolute Gasteiger partial charge is 0.464 e. The van der Waals surface area contributed by atoms with Crippen molar-refractivity contribution in [3.8, 4) is 5.19 Å². The van der Waals surface area contributed by atoms with Crippen LogP contribution in [0.4, 0.5) is 10.9 Å². The molecule has 9 nitrogen and oxygen atoms in total. The highest BCUT2D eigenvalue weighted by Crippen LogP contribution is 2.28. The van der Waals surface area contributed by atoms with E-state index >= 15 is 0 Å². The lowest BCUT2D eigenvalue weighted by molar-refractivity contribution is -0.129. The van der Waals surface area contributed by atoms with Crippen LogP contribution in [0.3, 0.4) is 0 Å². The summed E-state index contributed by atoms with van der Waals surface area (Å²) in [6.07, 6.45) is 2.47. The number of aromatic nitrogens is 3. The van der Waals surface area contributed by atoms with Gasteiger partial charge in [-0.25, -0.2) is 4.98 Å². The summed E-state index contributed by atoms with van der Waals surface area (Å²) in [7, 11) is 0. The fraction of sp³-hybridized carbons (Fsp3) is 0.318. The summed E-state index contributed by atoms with van der Waals surface area (Å²) in [5.41, 5.74) is 1.30. The number of ether oxygens (including phenoxy) is 1. The maximum absolute atomic E-state index is 13.1. The molecule has 1 atom stereocenters. The number of hydrogen-bond donors (Lipinski definition) is 1. The van der Waals surface area contributed by atoms with Crippen LogP contribution < -0.4 is 15.0 Å². The van der Waals surface area contributed by atoms with E-state index in [0.29, 0.717) is 65.8 Å². The fourth-order valence-corrected chi connectivity index (χ4v) is 4.60. The second-order valence-electron chi connectivity index (χ2n) is 7.65. The first kappa shape index (κ1) is 20.4. The van der Waals surface area contributed by atoms with Crippen LogP contribution in [0.1, 0.15) is 30.1 Å². The molecule has 1 N–H and O–H groups in total. The van der Waals surface area contributed by atoms with Crippen LogP contribution in [-0.2, 0) is 11.4 Å². The predicted molar refractivity (Wildman–Crippen MR) is 125 cm³/mol. The van der Waals surface area contributed by atoms with Crippen molar-refractivity contribution >= 4 is 45.7 Å². The molecule has 2 fully saturated rings. The Hall–Kier alpha value is -3.24. The Morgan fingerprint density at radius 1 is 1.27 bits per heavy atom. The lowest BCUT2D eigenvalue weighted by Crippen LogP contribution is -2.52. The smallest absolute Gasteiger partial charge is 0.296 e. The molecular formula is C22H21ClN6O3S. The van der Waals surface area contributed by atoms with Crippen LogP contribution in [0.25, 0.3) is 0 Å². The van der Waals surface area contributed by atoms with Gasteiger partial charge in [0, 0.05) is 43.3 Å². The fourth-order valence-electron chi connectivity index (χ4n) is 3.88. The highest BCUT2D eigenvalue weighted by Gasteiger charge is 2.36. The van der Waals surface area contributed by atoms with Gasteiger partial charge in [-0.15, -0.1) is 5.10 Å². The molecule has 33 heavy (non-hydrogen) atoms. The van der Waals surface area contributed by atoms with Crippen molar-refractivity contribution in [1.29, 1.82) is 0 Å². The highest BCUT2D eigenvalue weighted by molar-refractivity contribution is 7.17. The van der Waals surface area contributed by atoms with Gasteiger partial charge in [0.1, 0.15) is 12.4 Å². The van der Waals surface area contributed by atoms with Crippen molar-refractivity contribution in [2.75, 3.05) is 29.9 Å². The molecule has 170 valence electrons. The van der Waals surface area contributed by atoms with Crippen molar-refractivity contribution in [1.82, 2.24) is 20.1 Å². The van der Waals surface area contributed by atoms with E-state index in [1.54, 1.807) is 35.4 Å². The van der Waals surface area contributed by atoms with Crippen molar-refractivity contribution in [2.45, 2.75) is 25.5 Å². The number of anilines is 2. The molecule has 2 saturated heterocycles. The zero-order chi connectivity index (χ0) is 23.7. The summed E-state index contributed by atoms with van der Waals surface area (Å²) in [6, 6.07) is 9.66. The van der Waals surface area contributed by atoms with Crippen LogP contribution in [0.15, 0.2) is 42.6 Å². The number of rotatable bonds is 6. The number of nitrogens with zero attached hydrogens (tertiary/aromatic N) is 5. The summed E-state index contributed by atoms with van der Waals surface area (Å²) in [6.45, 7) is 1.54. The maximum Gasteiger partial charge on any atom is 0.296 e. The minimum absolute atomic E-state index is 0.0130. The van der Waals surface area contributed by atoms with Gasteiger partial charge in [0.15, 0.2) is 0 Å². The molecule has 1 aromatic carbocycles. The van der Waals surface area contributed by atoms with Crippen molar-refractivity contribution in [2.24, 2.45) is 0 Å². The minimum atomic E-state index is -0.990. The monoisotopic (exact) mass is 485 g/mol. The maximum atomic E-state index is 13.1. The second-order valence-corrected chi connectivity index (χ2v) is 9.03. The SMILES string of the molecule is [2H][C@@]12CCC(=O)N1CCN(c1ncccc1C(=O)Nc1nnc(OCc3ccc(Cl)cc3)s1)C2. The average molecular weight is 486 g/mol. The molecule has 3 aromatic rings. The molecule has 0 unspecified atom stereocenters. The Balaban J connectivity index is 1.25. The number of carbonyl (C=O) groups excluding carboxylic acids is 2. The average Bonchev–Trinajstić information content (AvgIpc) is 3.41. The Kier molecular flexibility index (Phi) is 5.75. The molecule has 2 aliphatic rings. The van der Waals surface area contributed by atoms with E-state index in [4.69, 9.17) is 17.7 Å². The predicted octanol–water partition coefficient (Wildman–Crippen LogP) is 3.23. The van der Waals surface area contributed by atoms with E-state index in [1.165, 1.54) is 0 Å². The Bertz CT molecular complexity index is 1230. The van der Waals surface area contributed by atoms with Gasteiger partial charge in [-0.3, -0.25) is 14.9 Å². The molecule has 11 heteroatoms. The van der Waals surface area contributed by atoms with E-state index in [1.807, 2.05) is 17.0 Å². The Morgan fingerprint density at radius 2 is 2.12 bits per heavy atom. The summed E-state index contributed by atoms with van der Waals surface area (Å²) < 4.78 is 14.4. The molecule has 2 amide bonds. The van der Waals surface area contributed by atoms with E-state index in [-0.39, 0.29) is 11.8 Å². The van der Waals surface area contributed by atoms with Crippen molar-refractivity contribution in [3.05, 3.63) is 58.7 Å². The lowest BCUT2D eigenvalue weighted by Gasteiger charge is -2.38.